The summed E-state index contributed by atoms with van der Waals surface area (Å²) in [5, 5.41) is 0. The maximum Gasteiger partial charge on any atom is 0.164 e. The fraction of sp³-hybridized carbons (Fsp3) is 0.923. The number of ether oxygens (including phenoxy) is 1. The van der Waals surface area contributed by atoms with E-state index in [0.717, 1.165) is 51.4 Å². The third kappa shape index (κ3) is 1.73. The van der Waals surface area contributed by atoms with Gasteiger partial charge >= 0.3 is 0 Å². The average molecular weight is 210 g/mol. The van der Waals surface area contributed by atoms with Crippen molar-refractivity contribution in [3.8, 4) is 0 Å². The summed E-state index contributed by atoms with van der Waals surface area (Å²) in [6.45, 7) is 4.36. The van der Waals surface area contributed by atoms with Crippen LogP contribution in [0.3, 0.4) is 0 Å². The number of hydrogen-bond acceptors (Lipinski definition) is 2. The summed E-state index contributed by atoms with van der Waals surface area (Å²) >= 11 is 0. The normalized spacial score (nSPS) is 34.9. The van der Waals surface area contributed by atoms with Crippen LogP contribution in [-0.4, -0.2) is 17.0 Å². The Kier molecular flexibility index (Phi) is 2.89. The number of Topliss-reactive ketones (excluding diaryl/α,β-unsaturated/α-hetero) is 1. The van der Waals surface area contributed by atoms with Gasteiger partial charge in [0.2, 0.25) is 0 Å². The van der Waals surface area contributed by atoms with Crippen LogP contribution in [0.1, 0.15) is 65.2 Å². The van der Waals surface area contributed by atoms with Gasteiger partial charge in [0.05, 0.1) is 5.60 Å². The lowest BCUT2D eigenvalue weighted by Gasteiger charge is -2.45. The van der Waals surface area contributed by atoms with E-state index in [1.54, 1.807) is 0 Å². The number of carbonyl (C=O) groups is 1. The quantitative estimate of drug-likeness (QED) is 0.699. The standard InChI is InChI=1S/C13H22O2/c1-3-12(4-2)8-6-10-13(15-12)9-5-7-11(13)14/h3-10H2,1-2H3/t13-/m0/s1. The third-order valence-electron chi connectivity index (χ3n) is 4.41. The van der Waals surface area contributed by atoms with Gasteiger partial charge in [0.25, 0.3) is 0 Å². The van der Waals surface area contributed by atoms with E-state index in [0.29, 0.717) is 5.78 Å². The molecular weight excluding hydrogens is 188 g/mol. The van der Waals surface area contributed by atoms with E-state index in [4.69, 9.17) is 4.74 Å². The van der Waals surface area contributed by atoms with Crippen LogP contribution in [0.5, 0.6) is 0 Å². The predicted octanol–water partition coefficient (Wildman–Crippen LogP) is 3.24. The molecule has 1 aliphatic heterocycles. The van der Waals surface area contributed by atoms with E-state index in [1.807, 2.05) is 0 Å². The summed E-state index contributed by atoms with van der Waals surface area (Å²) in [6.07, 6.45) is 8.08. The molecule has 2 nitrogen and oxygen atoms in total. The van der Waals surface area contributed by atoms with Crippen LogP contribution in [0.25, 0.3) is 0 Å². The molecule has 2 aliphatic rings. The van der Waals surface area contributed by atoms with Gasteiger partial charge in [0.15, 0.2) is 5.78 Å². The Balaban J connectivity index is 2.19. The van der Waals surface area contributed by atoms with Crippen LogP contribution in [0.15, 0.2) is 0 Å². The van der Waals surface area contributed by atoms with Gasteiger partial charge in [0.1, 0.15) is 5.60 Å². The molecule has 0 N–H and O–H groups in total. The highest BCUT2D eigenvalue weighted by atomic mass is 16.5. The second kappa shape index (κ2) is 3.89. The lowest BCUT2D eigenvalue weighted by molar-refractivity contribution is -0.193. The van der Waals surface area contributed by atoms with Crippen LogP contribution in [-0.2, 0) is 9.53 Å². The Morgan fingerprint density at radius 1 is 1.13 bits per heavy atom. The first-order chi connectivity index (χ1) is 7.16. The highest BCUT2D eigenvalue weighted by Crippen LogP contribution is 2.45. The van der Waals surface area contributed by atoms with E-state index in [9.17, 15) is 4.79 Å². The summed E-state index contributed by atoms with van der Waals surface area (Å²) in [5.41, 5.74) is -0.373. The Bertz CT molecular complexity index is 255. The van der Waals surface area contributed by atoms with Crippen molar-refractivity contribution in [1.29, 1.82) is 0 Å². The van der Waals surface area contributed by atoms with Crippen molar-refractivity contribution < 1.29 is 9.53 Å². The zero-order valence-electron chi connectivity index (χ0n) is 9.97. The van der Waals surface area contributed by atoms with E-state index in [2.05, 4.69) is 13.8 Å². The van der Waals surface area contributed by atoms with Crippen molar-refractivity contribution in [2.45, 2.75) is 76.4 Å². The lowest BCUT2D eigenvalue weighted by Crippen LogP contribution is -2.50. The van der Waals surface area contributed by atoms with Gasteiger partial charge in [-0.1, -0.05) is 13.8 Å². The molecule has 1 atom stereocenters. The zero-order valence-corrected chi connectivity index (χ0v) is 9.97. The molecule has 0 amide bonds. The van der Waals surface area contributed by atoms with Crippen molar-refractivity contribution in [2.24, 2.45) is 0 Å². The van der Waals surface area contributed by atoms with Gasteiger partial charge in [-0.15, -0.1) is 0 Å². The minimum absolute atomic E-state index is 0.00174. The monoisotopic (exact) mass is 210 g/mol. The first-order valence-electron chi connectivity index (χ1n) is 6.40. The van der Waals surface area contributed by atoms with Gasteiger partial charge < -0.3 is 4.74 Å². The molecule has 0 bridgehead atoms. The predicted molar refractivity (Wildman–Crippen MR) is 59.8 cm³/mol. The summed E-state index contributed by atoms with van der Waals surface area (Å²) in [6, 6.07) is 0. The van der Waals surface area contributed by atoms with E-state index < -0.39 is 0 Å². The van der Waals surface area contributed by atoms with Gasteiger partial charge in [-0.2, -0.15) is 0 Å². The second-order valence-electron chi connectivity index (χ2n) is 5.12. The molecule has 1 saturated heterocycles. The molecule has 2 fully saturated rings. The van der Waals surface area contributed by atoms with Gasteiger partial charge in [-0.3, -0.25) is 4.79 Å². The van der Waals surface area contributed by atoms with Crippen molar-refractivity contribution >= 4 is 5.78 Å². The molecule has 1 aliphatic carbocycles. The summed E-state index contributed by atoms with van der Waals surface area (Å²) in [7, 11) is 0. The van der Waals surface area contributed by atoms with Gasteiger partial charge in [-0.05, 0) is 44.9 Å². The fourth-order valence-corrected chi connectivity index (χ4v) is 3.23. The fourth-order valence-electron chi connectivity index (χ4n) is 3.23. The Morgan fingerprint density at radius 2 is 1.80 bits per heavy atom. The molecule has 2 heteroatoms. The molecule has 0 aromatic heterocycles. The number of rotatable bonds is 2. The van der Waals surface area contributed by atoms with Crippen molar-refractivity contribution in [1.82, 2.24) is 0 Å². The van der Waals surface area contributed by atoms with Crippen LogP contribution >= 0.6 is 0 Å². The maximum absolute atomic E-state index is 11.9. The van der Waals surface area contributed by atoms with Crippen LogP contribution < -0.4 is 0 Å². The molecule has 15 heavy (non-hydrogen) atoms. The minimum atomic E-state index is -0.371. The first kappa shape index (κ1) is 11.1. The van der Waals surface area contributed by atoms with Crippen molar-refractivity contribution in [3.05, 3.63) is 0 Å². The van der Waals surface area contributed by atoms with Gasteiger partial charge in [-0.25, -0.2) is 0 Å². The van der Waals surface area contributed by atoms with Crippen molar-refractivity contribution in [3.63, 3.8) is 0 Å². The number of ketones is 1. The summed E-state index contributed by atoms with van der Waals surface area (Å²) in [5.74, 6) is 0.369. The summed E-state index contributed by atoms with van der Waals surface area (Å²) < 4.78 is 6.28. The molecule has 0 radical (unpaired) electrons. The number of carbonyl (C=O) groups excluding carboxylic acids is 1. The molecule has 0 aromatic carbocycles. The van der Waals surface area contributed by atoms with Crippen LogP contribution in [0, 0.1) is 0 Å². The third-order valence-corrected chi connectivity index (χ3v) is 4.41. The smallest absolute Gasteiger partial charge is 0.164 e. The first-order valence-corrected chi connectivity index (χ1v) is 6.40. The molecular formula is C13H22O2. The summed E-state index contributed by atoms with van der Waals surface area (Å²) in [4.78, 5) is 11.9. The van der Waals surface area contributed by atoms with Crippen LogP contribution in [0.2, 0.25) is 0 Å². The molecule has 1 heterocycles. The highest BCUT2D eigenvalue weighted by molar-refractivity contribution is 5.89. The van der Waals surface area contributed by atoms with Gasteiger partial charge in [0, 0.05) is 6.42 Å². The molecule has 1 saturated carbocycles. The topological polar surface area (TPSA) is 26.3 Å². The van der Waals surface area contributed by atoms with E-state index >= 15 is 0 Å². The lowest BCUT2D eigenvalue weighted by atomic mass is 9.81. The molecule has 86 valence electrons. The largest absolute Gasteiger partial charge is 0.361 e. The molecule has 0 aromatic rings. The van der Waals surface area contributed by atoms with Crippen LogP contribution in [0.4, 0.5) is 0 Å². The second-order valence-corrected chi connectivity index (χ2v) is 5.12. The van der Waals surface area contributed by atoms with E-state index in [-0.39, 0.29) is 11.2 Å². The van der Waals surface area contributed by atoms with E-state index in [1.165, 1.54) is 0 Å². The Labute approximate surface area is 92.4 Å². The molecule has 1 spiro atoms. The number of hydrogen-bond donors (Lipinski definition) is 0. The Morgan fingerprint density at radius 3 is 2.33 bits per heavy atom. The zero-order chi connectivity index (χ0) is 10.9. The molecule has 2 rings (SSSR count). The minimum Gasteiger partial charge on any atom is -0.361 e. The maximum atomic E-state index is 11.9. The van der Waals surface area contributed by atoms with Crippen molar-refractivity contribution in [2.75, 3.05) is 0 Å². The Hall–Kier alpha value is -0.370. The molecule has 0 unspecified atom stereocenters. The SMILES string of the molecule is CCC1(CC)CCC[C@]2(CCCC2=O)O1. The average Bonchev–Trinajstić information content (AvgIpc) is 2.60. The highest BCUT2D eigenvalue weighted by Gasteiger charge is 2.50.